The van der Waals surface area contributed by atoms with E-state index >= 15 is 4.39 Å². The summed E-state index contributed by atoms with van der Waals surface area (Å²) in [6, 6.07) is 34.8. The molecule has 4 aromatic rings. The summed E-state index contributed by atoms with van der Waals surface area (Å²) in [5.74, 6) is 0.308. The minimum absolute atomic E-state index is 0.256. The molecule has 0 bridgehead atoms. The largest absolute Gasteiger partial charge is 0.496 e. The van der Waals surface area contributed by atoms with E-state index in [2.05, 4.69) is 88.7 Å². The van der Waals surface area contributed by atoms with Gasteiger partial charge in [-0.1, -0.05) is 70.5 Å². The molecule has 0 unspecified atom stereocenters. The fourth-order valence-electron chi connectivity index (χ4n) is 3.92. The lowest BCUT2D eigenvalue weighted by molar-refractivity contribution is 0.406. The van der Waals surface area contributed by atoms with E-state index in [0.29, 0.717) is 21.9 Å². The smallest absolute Gasteiger partial charge is 0.134 e. The van der Waals surface area contributed by atoms with Crippen LogP contribution in [0.4, 0.5) is 4.39 Å². The van der Waals surface area contributed by atoms with Crippen LogP contribution in [0.2, 0.25) is 0 Å². The summed E-state index contributed by atoms with van der Waals surface area (Å²) in [4.78, 5) is 0. The van der Waals surface area contributed by atoms with Crippen molar-refractivity contribution in [2.75, 3.05) is 7.11 Å². The Bertz CT molecular complexity index is 1020. The minimum Gasteiger partial charge on any atom is -0.496 e. The molecular weight excluding hydrogens is 458 g/mol. The van der Waals surface area contributed by atoms with Crippen molar-refractivity contribution in [1.29, 1.82) is 0 Å². The van der Waals surface area contributed by atoms with Crippen molar-refractivity contribution in [2.24, 2.45) is 0 Å². The summed E-state index contributed by atoms with van der Waals surface area (Å²) in [6.07, 6.45) is 0.535. The highest BCUT2D eigenvalue weighted by Crippen LogP contribution is 2.59. The van der Waals surface area contributed by atoms with E-state index < -0.39 is 7.26 Å². The van der Waals surface area contributed by atoms with Crippen LogP contribution in [0.1, 0.15) is 5.56 Å². The van der Waals surface area contributed by atoms with Crippen LogP contribution in [0.3, 0.4) is 0 Å². The zero-order chi connectivity index (χ0) is 21.0. The molecule has 0 saturated heterocycles. The second-order valence-corrected chi connectivity index (χ2v) is 11.4. The quantitative estimate of drug-likeness (QED) is 0.304. The van der Waals surface area contributed by atoms with Gasteiger partial charge >= 0.3 is 0 Å². The Morgan fingerprint density at radius 1 is 0.733 bits per heavy atom. The Kier molecular flexibility index (Phi) is 6.32. The van der Waals surface area contributed by atoms with Crippen LogP contribution in [-0.4, -0.2) is 7.11 Å². The molecule has 1 nitrogen and oxygen atoms in total. The van der Waals surface area contributed by atoms with Crippen LogP contribution in [-0.2, 0) is 6.16 Å². The highest BCUT2D eigenvalue weighted by atomic mass is 79.9. The average molecular weight is 480 g/mol. The Balaban J connectivity index is 2.04. The first-order valence-electron chi connectivity index (χ1n) is 9.72. The van der Waals surface area contributed by atoms with Crippen LogP contribution in [0.5, 0.6) is 5.75 Å². The van der Waals surface area contributed by atoms with Gasteiger partial charge in [-0.3, -0.25) is 0 Å². The summed E-state index contributed by atoms with van der Waals surface area (Å²) in [5, 5.41) is 3.64. The highest BCUT2D eigenvalue weighted by molar-refractivity contribution is 9.10. The maximum Gasteiger partial charge on any atom is 0.134 e. The molecule has 0 aliphatic rings. The molecule has 0 aliphatic heterocycles. The number of halogens is 2. The van der Waals surface area contributed by atoms with E-state index in [0.717, 1.165) is 0 Å². The first-order chi connectivity index (χ1) is 14.6. The maximum atomic E-state index is 15.3. The van der Waals surface area contributed by atoms with Gasteiger partial charge in [0.1, 0.15) is 40.9 Å². The molecular formula is C26H22BrFOP+. The third kappa shape index (κ3) is 3.93. The Labute approximate surface area is 186 Å². The zero-order valence-corrected chi connectivity index (χ0v) is 19.1. The van der Waals surface area contributed by atoms with Crippen molar-refractivity contribution in [3.63, 3.8) is 0 Å². The fraction of sp³-hybridized carbons (Fsp3) is 0.0769. The van der Waals surface area contributed by atoms with Crippen molar-refractivity contribution >= 4 is 39.1 Å². The molecule has 4 rings (SSSR count). The molecule has 0 heterocycles. The lowest BCUT2D eigenvalue weighted by atomic mass is 10.2. The Morgan fingerprint density at radius 3 is 1.57 bits per heavy atom. The topological polar surface area (TPSA) is 9.23 Å². The monoisotopic (exact) mass is 479 g/mol. The van der Waals surface area contributed by atoms with E-state index in [4.69, 9.17) is 4.74 Å². The van der Waals surface area contributed by atoms with Crippen molar-refractivity contribution in [1.82, 2.24) is 0 Å². The van der Waals surface area contributed by atoms with Gasteiger partial charge in [0, 0.05) is 4.47 Å². The number of rotatable bonds is 6. The van der Waals surface area contributed by atoms with E-state index in [-0.39, 0.29) is 5.82 Å². The molecule has 4 heteroatoms. The van der Waals surface area contributed by atoms with Crippen LogP contribution >= 0.6 is 23.2 Å². The number of hydrogen-bond acceptors (Lipinski definition) is 1. The summed E-state index contributed by atoms with van der Waals surface area (Å²) < 4.78 is 21.6. The van der Waals surface area contributed by atoms with Gasteiger partial charge < -0.3 is 4.74 Å². The molecule has 0 N–H and O–H groups in total. The molecule has 4 aromatic carbocycles. The third-order valence-electron chi connectivity index (χ3n) is 5.33. The van der Waals surface area contributed by atoms with Crippen molar-refractivity contribution in [3.05, 3.63) is 119 Å². The lowest BCUT2D eigenvalue weighted by Gasteiger charge is -2.28. The molecule has 0 atom stereocenters. The number of benzene rings is 4. The zero-order valence-electron chi connectivity index (χ0n) is 16.6. The molecule has 0 spiro atoms. The fourth-order valence-corrected chi connectivity index (χ4v) is 8.60. The molecule has 0 fully saturated rings. The second-order valence-electron chi connectivity index (χ2n) is 7.04. The van der Waals surface area contributed by atoms with Crippen LogP contribution < -0.4 is 20.7 Å². The minimum atomic E-state index is -2.19. The predicted octanol–water partition coefficient (Wildman–Crippen LogP) is 6.09. The van der Waals surface area contributed by atoms with Crippen LogP contribution in [0, 0.1) is 5.82 Å². The van der Waals surface area contributed by atoms with Gasteiger partial charge in [-0.15, -0.1) is 0 Å². The third-order valence-corrected chi connectivity index (χ3v) is 10.1. The van der Waals surface area contributed by atoms with Crippen molar-refractivity contribution in [3.8, 4) is 5.75 Å². The van der Waals surface area contributed by atoms with Gasteiger partial charge in [-0.05, 0) is 48.5 Å². The summed E-state index contributed by atoms with van der Waals surface area (Å²) in [6.45, 7) is 0. The summed E-state index contributed by atoms with van der Waals surface area (Å²) in [7, 11) is -0.597. The number of hydrogen-bond donors (Lipinski definition) is 0. The first-order valence-corrected chi connectivity index (χ1v) is 12.5. The average Bonchev–Trinajstić information content (AvgIpc) is 2.80. The van der Waals surface area contributed by atoms with E-state index in [9.17, 15) is 0 Å². The van der Waals surface area contributed by atoms with Gasteiger partial charge in [-0.25, -0.2) is 4.39 Å². The molecule has 150 valence electrons. The predicted molar refractivity (Wildman–Crippen MR) is 130 cm³/mol. The normalized spacial score (nSPS) is 11.3. The summed E-state index contributed by atoms with van der Waals surface area (Å²) in [5.41, 5.74) is 0.602. The van der Waals surface area contributed by atoms with Gasteiger partial charge in [0.05, 0.1) is 12.7 Å². The van der Waals surface area contributed by atoms with E-state index in [1.807, 2.05) is 24.3 Å². The summed E-state index contributed by atoms with van der Waals surface area (Å²) >= 11 is 3.39. The van der Waals surface area contributed by atoms with Gasteiger partial charge in [0.25, 0.3) is 0 Å². The first kappa shape index (κ1) is 20.8. The molecule has 0 amide bonds. The molecule has 0 aliphatic carbocycles. The number of methoxy groups -OCH3 is 1. The SMILES string of the molecule is COc1cc(Br)cc(F)c1C[P+](c1ccccc1)(c1ccccc1)c1ccccc1. The van der Waals surface area contributed by atoms with Crippen molar-refractivity contribution in [2.45, 2.75) is 6.16 Å². The Morgan fingerprint density at radius 2 is 1.17 bits per heavy atom. The van der Waals surface area contributed by atoms with Crippen LogP contribution in [0.15, 0.2) is 108 Å². The van der Waals surface area contributed by atoms with Gasteiger partial charge in [-0.2, -0.15) is 0 Å². The molecule has 30 heavy (non-hydrogen) atoms. The standard InChI is InChI=1S/C26H22BrFOP/c1-29-26-18-20(27)17-25(28)24(26)19-30(21-11-5-2-6-12-21,22-13-7-3-8-14-22)23-15-9-4-10-16-23/h2-18H,19H2,1H3/q+1. The van der Waals surface area contributed by atoms with Gasteiger partial charge in [0.15, 0.2) is 0 Å². The highest BCUT2D eigenvalue weighted by Gasteiger charge is 2.46. The van der Waals surface area contributed by atoms with Crippen LogP contribution in [0.25, 0.3) is 0 Å². The molecule has 0 radical (unpaired) electrons. The molecule has 0 saturated carbocycles. The van der Waals surface area contributed by atoms with Crippen molar-refractivity contribution < 1.29 is 9.13 Å². The van der Waals surface area contributed by atoms with E-state index in [1.54, 1.807) is 7.11 Å². The lowest BCUT2D eigenvalue weighted by Crippen LogP contribution is -2.32. The Hall–Kier alpha value is -2.48. The molecule has 0 aromatic heterocycles. The van der Waals surface area contributed by atoms with E-state index in [1.165, 1.54) is 22.0 Å². The van der Waals surface area contributed by atoms with Gasteiger partial charge in [0.2, 0.25) is 0 Å². The second kappa shape index (κ2) is 9.12. The number of ether oxygens (including phenoxy) is 1. The maximum absolute atomic E-state index is 15.3.